The molecule has 0 saturated carbocycles. The van der Waals surface area contributed by atoms with Crippen molar-refractivity contribution in [3.63, 3.8) is 0 Å². The van der Waals surface area contributed by atoms with Gasteiger partial charge >= 0.3 is 12.3 Å². The Hall–Kier alpha value is -3.76. The summed E-state index contributed by atoms with van der Waals surface area (Å²) >= 11 is 0. The highest BCUT2D eigenvalue weighted by Gasteiger charge is 2.30. The van der Waals surface area contributed by atoms with Crippen molar-refractivity contribution in [3.8, 4) is 0 Å². The van der Waals surface area contributed by atoms with Crippen LogP contribution in [0.1, 0.15) is 29.8 Å². The maximum absolute atomic E-state index is 12.7. The molecule has 0 fully saturated rings. The summed E-state index contributed by atoms with van der Waals surface area (Å²) in [5.74, 6) is -1.44. The summed E-state index contributed by atoms with van der Waals surface area (Å²) in [5.41, 5.74) is 4.26. The minimum atomic E-state index is -4.46. The molecule has 0 aliphatic rings. The Balaban J connectivity index is 2.05. The number of benzene rings is 2. The van der Waals surface area contributed by atoms with Crippen LogP contribution in [0.25, 0.3) is 0 Å². The highest BCUT2D eigenvalue weighted by Crippen LogP contribution is 2.30. The summed E-state index contributed by atoms with van der Waals surface area (Å²) in [6, 6.07) is 10.0. The lowest BCUT2D eigenvalue weighted by Gasteiger charge is -2.22. The molecule has 0 radical (unpaired) electrons. The number of hydrogen-bond donors (Lipinski definition) is 4. The summed E-state index contributed by atoms with van der Waals surface area (Å²) in [6.07, 6.45) is -5.73. The molecule has 8 nitrogen and oxygen atoms in total. The average Bonchev–Trinajstić information content (AvgIpc) is 2.70. The van der Waals surface area contributed by atoms with E-state index in [1.165, 1.54) is 18.2 Å². The van der Waals surface area contributed by atoms with Gasteiger partial charge in [0.25, 0.3) is 11.8 Å². The van der Waals surface area contributed by atoms with Crippen LogP contribution in [0.5, 0.6) is 0 Å². The van der Waals surface area contributed by atoms with Crippen LogP contribution in [0.3, 0.4) is 0 Å². The molecular weight excluding hydrogens is 417 g/mol. The van der Waals surface area contributed by atoms with Crippen molar-refractivity contribution in [1.29, 1.82) is 0 Å². The molecule has 11 heteroatoms. The van der Waals surface area contributed by atoms with Gasteiger partial charge in [-0.15, -0.1) is 0 Å². The van der Waals surface area contributed by atoms with Crippen molar-refractivity contribution < 1.29 is 32.7 Å². The fourth-order valence-corrected chi connectivity index (χ4v) is 2.55. The van der Waals surface area contributed by atoms with Crippen molar-refractivity contribution in [2.45, 2.75) is 26.1 Å². The molecule has 3 amide bonds. The van der Waals surface area contributed by atoms with E-state index in [1.54, 1.807) is 32.0 Å². The van der Waals surface area contributed by atoms with Crippen molar-refractivity contribution in [1.82, 2.24) is 15.8 Å². The van der Waals surface area contributed by atoms with E-state index in [2.05, 4.69) is 16.2 Å². The van der Waals surface area contributed by atoms with Gasteiger partial charge in [-0.25, -0.2) is 4.79 Å². The number of carbonyl (C=O) groups excluding carboxylic acids is 2. The van der Waals surface area contributed by atoms with Crippen LogP contribution in [0.2, 0.25) is 0 Å². The number of para-hydroxylation sites is 1. The molecule has 166 valence electrons. The van der Waals surface area contributed by atoms with Crippen LogP contribution in [-0.4, -0.2) is 40.5 Å². The molecule has 0 unspecified atom stereocenters. The molecule has 2 rings (SSSR count). The van der Waals surface area contributed by atoms with Gasteiger partial charge in [0, 0.05) is 11.7 Å². The van der Waals surface area contributed by atoms with Crippen LogP contribution in [0.15, 0.2) is 48.5 Å². The Morgan fingerprint density at radius 1 is 1.00 bits per heavy atom. The van der Waals surface area contributed by atoms with Gasteiger partial charge < -0.3 is 10.4 Å². The number of amides is 3. The number of hydrogen-bond acceptors (Lipinski definition) is 4. The van der Waals surface area contributed by atoms with Gasteiger partial charge in [0.05, 0.1) is 16.8 Å². The number of nitrogens with one attached hydrogen (secondary N) is 3. The van der Waals surface area contributed by atoms with Crippen LogP contribution in [-0.2, 0) is 11.0 Å². The fraction of sp³-hybridized carbons (Fsp3) is 0.250. The quantitative estimate of drug-likeness (QED) is 0.515. The van der Waals surface area contributed by atoms with Gasteiger partial charge in [0.2, 0.25) is 0 Å². The molecule has 0 spiro atoms. The minimum absolute atomic E-state index is 0.113. The molecule has 0 heterocycles. The van der Waals surface area contributed by atoms with Crippen molar-refractivity contribution in [2.75, 3.05) is 11.9 Å². The Morgan fingerprint density at radius 2 is 1.61 bits per heavy atom. The Morgan fingerprint density at radius 3 is 2.16 bits per heavy atom. The van der Waals surface area contributed by atoms with E-state index in [1.807, 2.05) is 0 Å². The number of carbonyl (C=O) groups is 3. The first kappa shape index (κ1) is 23.5. The largest absolute Gasteiger partial charge is 0.465 e. The van der Waals surface area contributed by atoms with Gasteiger partial charge in [0.1, 0.15) is 6.54 Å². The lowest BCUT2D eigenvalue weighted by molar-refractivity contribution is -0.137. The number of alkyl halides is 3. The maximum atomic E-state index is 12.7. The highest BCUT2D eigenvalue weighted by atomic mass is 19.4. The Kier molecular flexibility index (Phi) is 7.46. The topological polar surface area (TPSA) is 111 Å². The molecule has 0 aromatic heterocycles. The lowest BCUT2D eigenvalue weighted by atomic mass is 10.1. The molecular formula is C20H21F3N4O4. The Labute approximate surface area is 176 Å². The zero-order chi connectivity index (χ0) is 23.2. The third kappa shape index (κ3) is 6.63. The third-order valence-electron chi connectivity index (χ3n) is 4.16. The first-order valence-electron chi connectivity index (χ1n) is 9.11. The van der Waals surface area contributed by atoms with E-state index in [-0.39, 0.29) is 5.56 Å². The first-order valence-corrected chi connectivity index (χ1v) is 9.11. The van der Waals surface area contributed by atoms with Gasteiger partial charge in [-0.3, -0.25) is 25.3 Å². The molecule has 0 atom stereocenters. The molecule has 4 N–H and O–H groups in total. The van der Waals surface area contributed by atoms with E-state index in [0.717, 1.165) is 17.0 Å². The van der Waals surface area contributed by atoms with Gasteiger partial charge in [-0.05, 0) is 50.2 Å². The van der Waals surface area contributed by atoms with Crippen LogP contribution >= 0.6 is 0 Å². The second kappa shape index (κ2) is 9.83. The number of carboxylic acid groups (broad SMARTS) is 1. The lowest BCUT2D eigenvalue weighted by Crippen LogP contribution is -2.49. The van der Waals surface area contributed by atoms with Crippen LogP contribution in [0.4, 0.5) is 29.3 Å². The summed E-state index contributed by atoms with van der Waals surface area (Å²) in [7, 11) is 0. The third-order valence-corrected chi connectivity index (χ3v) is 4.16. The molecule has 0 aliphatic carbocycles. The maximum Gasteiger partial charge on any atom is 0.416 e. The SMILES string of the molecule is CC(C)N(CC(=O)NNC(=O)c1ccccc1Nc1ccc(C(F)(F)F)cc1)C(=O)O. The predicted octanol–water partition coefficient (Wildman–Crippen LogP) is 3.60. The molecule has 0 bridgehead atoms. The van der Waals surface area contributed by atoms with Gasteiger partial charge in [0.15, 0.2) is 0 Å². The zero-order valence-corrected chi connectivity index (χ0v) is 16.7. The Bertz CT molecular complexity index is 946. The summed E-state index contributed by atoms with van der Waals surface area (Å²) in [5, 5.41) is 11.9. The number of rotatable bonds is 6. The van der Waals surface area contributed by atoms with Gasteiger partial charge in [-0.2, -0.15) is 13.2 Å². The number of nitrogens with zero attached hydrogens (tertiary/aromatic N) is 1. The van der Waals surface area contributed by atoms with E-state index in [9.17, 15) is 27.6 Å². The smallest absolute Gasteiger partial charge is 0.416 e. The monoisotopic (exact) mass is 438 g/mol. The van der Waals surface area contributed by atoms with Crippen molar-refractivity contribution in [2.24, 2.45) is 0 Å². The zero-order valence-electron chi connectivity index (χ0n) is 16.7. The first-order chi connectivity index (χ1) is 14.5. The molecule has 31 heavy (non-hydrogen) atoms. The second-order valence-corrected chi connectivity index (χ2v) is 6.75. The molecule has 0 saturated heterocycles. The average molecular weight is 438 g/mol. The highest BCUT2D eigenvalue weighted by molar-refractivity contribution is 6.01. The summed E-state index contributed by atoms with van der Waals surface area (Å²) < 4.78 is 38.1. The molecule has 0 aliphatic heterocycles. The van der Waals surface area contributed by atoms with Crippen molar-refractivity contribution >= 4 is 29.3 Å². The van der Waals surface area contributed by atoms with E-state index >= 15 is 0 Å². The normalized spacial score (nSPS) is 11.0. The number of halogens is 3. The molecule has 2 aromatic rings. The van der Waals surface area contributed by atoms with E-state index in [0.29, 0.717) is 11.4 Å². The summed E-state index contributed by atoms with van der Waals surface area (Å²) in [4.78, 5) is 36.4. The number of anilines is 2. The number of hydrazine groups is 1. The van der Waals surface area contributed by atoms with E-state index < -0.39 is 42.2 Å². The van der Waals surface area contributed by atoms with Crippen LogP contribution in [0, 0.1) is 0 Å². The fourth-order valence-electron chi connectivity index (χ4n) is 2.55. The van der Waals surface area contributed by atoms with Gasteiger partial charge in [-0.1, -0.05) is 12.1 Å². The summed E-state index contributed by atoms with van der Waals surface area (Å²) in [6.45, 7) is 2.73. The van der Waals surface area contributed by atoms with Crippen LogP contribution < -0.4 is 16.2 Å². The molecule has 2 aromatic carbocycles. The second-order valence-electron chi connectivity index (χ2n) is 6.75. The minimum Gasteiger partial charge on any atom is -0.465 e. The standard InChI is InChI=1S/C20H21F3N4O4/c1-12(2)27(19(30)31)11-17(28)25-26-18(29)15-5-3-4-6-16(15)24-14-9-7-13(8-10-14)20(21,22)23/h3-10,12,24H,11H2,1-2H3,(H,25,28)(H,26,29)(H,30,31). The van der Waals surface area contributed by atoms with Crippen molar-refractivity contribution in [3.05, 3.63) is 59.7 Å². The van der Waals surface area contributed by atoms with E-state index in [4.69, 9.17) is 5.11 Å². The predicted molar refractivity (Wildman–Crippen MR) is 107 cm³/mol.